The van der Waals surface area contributed by atoms with Gasteiger partial charge in [-0.15, -0.1) is 11.3 Å². The molecule has 0 spiro atoms. The first-order valence-electron chi connectivity index (χ1n) is 8.01. The average molecular weight is 338 g/mol. The third-order valence-corrected chi connectivity index (χ3v) is 4.78. The van der Waals surface area contributed by atoms with E-state index in [9.17, 15) is 9.59 Å². The number of aromatic nitrogens is 1. The summed E-state index contributed by atoms with van der Waals surface area (Å²) in [6.45, 7) is 9.54. The lowest BCUT2D eigenvalue weighted by Crippen LogP contribution is -2.50. The van der Waals surface area contributed by atoms with Gasteiger partial charge in [0.05, 0.1) is 12.1 Å². The molecule has 0 saturated carbocycles. The van der Waals surface area contributed by atoms with Crippen LogP contribution in [0.3, 0.4) is 0 Å². The lowest BCUT2D eigenvalue weighted by Gasteiger charge is -2.30. The van der Waals surface area contributed by atoms with E-state index in [4.69, 9.17) is 0 Å². The van der Waals surface area contributed by atoms with Crippen molar-refractivity contribution >= 4 is 28.3 Å². The van der Waals surface area contributed by atoms with Crippen LogP contribution < -0.4 is 16.0 Å². The molecule has 1 fully saturated rings. The van der Waals surface area contributed by atoms with Crippen LogP contribution in [0, 0.1) is 11.3 Å². The fourth-order valence-electron chi connectivity index (χ4n) is 2.34. The summed E-state index contributed by atoms with van der Waals surface area (Å²) in [6, 6.07) is 0.176. The first-order valence-corrected chi connectivity index (χ1v) is 8.89. The van der Waals surface area contributed by atoms with Gasteiger partial charge in [-0.25, -0.2) is 4.98 Å². The Bertz CT molecular complexity index is 565. The van der Waals surface area contributed by atoms with Gasteiger partial charge in [-0.05, 0) is 18.9 Å². The predicted octanol–water partition coefficient (Wildman–Crippen LogP) is 1.78. The Morgan fingerprint density at radius 1 is 1.43 bits per heavy atom. The molecular weight excluding hydrogens is 312 g/mol. The Morgan fingerprint density at radius 3 is 2.83 bits per heavy atom. The molecule has 1 aromatic heterocycles. The van der Waals surface area contributed by atoms with E-state index >= 15 is 0 Å². The molecule has 2 atom stereocenters. The van der Waals surface area contributed by atoms with Crippen LogP contribution in [0.2, 0.25) is 0 Å². The normalized spacial score (nSPS) is 21.7. The molecule has 1 aromatic rings. The van der Waals surface area contributed by atoms with E-state index in [1.165, 1.54) is 11.3 Å². The summed E-state index contributed by atoms with van der Waals surface area (Å²) >= 11 is 1.35. The maximum absolute atomic E-state index is 12.2. The zero-order chi connectivity index (χ0) is 17.0. The van der Waals surface area contributed by atoms with Crippen molar-refractivity contribution in [1.82, 2.24) is 15.6 Å². The minimum atomic E-state index is -0.465. The van der Waals surface area contributed by atoms with Gasteiger partial charge in [-0.1, -0.05) is 27.7 Å². The van der Waals surface area contributed by atoms with E-state index < -0.39 is 5.41 Å². The van der Waals surface area contributed by atoms with E-state index in [1.807, 2.05) is 26.2 Å². The quantitative estimate of drug-likeness (QED) is 0.781. The fourth-order valence-corrected chi connectivity index (χ4v) is 3.04. The predicted molar refractivity (Wildman–Crippen MR) is 92.5 cm³/mol. The molecule has 23 heavy (non-hydrogen) atoms. The smallest absolute Gasteiger partial charge is 0.231 e. The molecule has 0 radical (unpaired) electrons. The topological polar surface area (TPSA) is 83.1 Å². The monoisotopic (exact) mass is 338 g/mol. The number of carbonyl (C=O) groups excluding carboxylic acids is 2. The molecule has 0 aliphatic carbocycles. The van der Waals surface area contributed by atoms with Crippen LogP contribution in [0.5, 0.6) is 0 Å². The minimum Gasteiger partial charge on any atom is -0.351 e. The number of thiazole rings is 1. The van der Waals surface area contributed by atoms with Gasteiger partial charge in [0.2, 0.25) is 11.8 Å². The van der Waals surface area contributed by atoms with Crippen molar-refractivity contribution in [2.24, 2.45) is 11.3 Å². The van der Waals surface area contributed by atoms with Crippen LogP contribution in [-0.4, -0.2) is 35.9 Å². The van der Waals surface area contributed by atoms with E-state index in [-0.39, 0.29) is 24.3 Å². The van der Waals surface area contributed by atoms with Crippen molar-refractivity contribution in [2.75, 3.05) is 18.4 Å². The number of piperidine rings is 1. The van der Waals surface area contributed by atoms with Crippen LogP contribution in [-0.2, 0) is 16.0 Å². The summed E-state index contributed by atoms with van der Waals surface area (Å²) in [7, 11) is 0. The van der Waals surface area contributed by atoms with Gasteiger partial charge in [-0.3, -0.25) is 9.59 Å². The Hall–Kier alpha value is -1.47. The number of hydrogen-bond donors (Lipinski definition) is 3. The third-order valence-electron chi connectivity index (χ3n) is 3.97. The first kappa shape index (κ1) is 17.9. The number of carbonyl (C=O) groups is 2. The molecule has 1 saturated heterocycles. The van der Waals surface area contributed by atoms with Crippen LogP contribution in [0.15, 0.2) is 5.38 Å². The average Bonchev–Trinajstić information content (AvgIpc) is 2.87. The summed E-state index contributed by atoms with van der Waals surface area (Å²) in [5.74, 6) is 0.381. The molecule has 2 heterocycles. The van der Waals surface area contributed by atoms with E-state index in [1.54, 1.807) is 0 Å². The van der Waals surface area contributed by atoms with Crippen molar-refractivity contribution in [3.8, 4) is 0 Å². The minimum absolute atomic E-state index is 0.0236. The lowest BCUT2D eigenvalue weighted by atomic mass is 9.95. The van der Waals surface area contributed by atoms with Gasteiger partial charge in [-0.2, -0.15) is 0 Å². The summed E-state index contributed by atoms with van der Waals surface area (Å²) < 4.78 is 0. The summed E-state index contributed by atoms with van der Waals surface area (Å²) in [4.78, 5) is 28.4. The highest BCUT2D eigenvalue weighted by Gasteiger charge is 2.24. The fraction of sp³-hybridized carbons (Fsp3) is 0.688. The molecule has 0 aromatic carbocycles. The number of rotatable bonds is 4. The largest absolute Gasteiger partial charge is 0.351 e. The van der Waals surface area contributed by atoms with Crippen molar-refractivity contribution in [2.45, 2.75) is 46.6 Å². The molecule has 0 bridgehead atoms. The van der Waals surface area contributed by atoms with Gasteiger partial charge >= 0.3 is 0 Å². The van der Waals surface area contributed by atoms with E-state index in [2.05, 4.69) is 27.9 Å². The first-order chi connectivity index (χ1) is 10.8. The van der Waals surface area contributed by atoms with Gasteiger partial charge in [0.15, 0.2) is 5.13 Å². The molecule has 6 nitrogen and oxygen atoms in total. The van der Waals surface area contributed by atoms with Gasteiger partial charge < -0.3 is 16.0 Å². The highest BCUT2D eigenvalue weighted by Crippen LogP contribution is 2.21. The number of amides is 2. The number of nitrogens with zero attached hydrogens (tertiary/aromatic N) is 1. The molecular formula is C16H26N4O2S. The van der Waals surface area contributed by atoms with Crippen LogP contribution in [0.1, 0.15) is 39.8 Å². The van der Waals surface area contributed by atoms with Crippen LogP contribution >= 0.6 is 11.3 Å². The van der Waals surface area contributed by atoms with Crippen molar-refractivity contribution in [3.05, 3.63) is 11.1 Å². The van der Waals surface area contributed by atoms with Crippen molar-refractivity contribution in [3.63, 3.8) is 0 Å². The molecule has 1 aliphatic rings. The second kappa shape index (κ2) is 7.40. The number of hydrogen-bond acceptors (Lipinski definition) is 5. The zero-order valence-electron chi connectivity index (χ0n) is 14.2. The molecule has 128 valence electrons. The SMILES string of the molecule is CC1CCNCC1NC(=O)Cc1csc(NC(=O)C(C)(C)C)n1. The molecule has 2 unspecified atom stereocenters. The molecule has 2 amide bonds. The molecule has 3 N–H and O–H groups in total. The Balaban J connectivity index is 1.86. The van der Waals surface area contributed by atoms with Crippen LogP contribution in [0.25, 0.3) is 0 Å². The highest BCUT2D eigenvalue weighted by atomic mass is 32.1. The summed E-state index contributed by atoms with van der Waals surface area (Å²) in [5.41, 5.74) is 0.223. The van der Waals surface area contributed by atoms with Gasteiger partial charge in [0, 0.05) is 23.4 Å². The maximum Gasteiger partial charge on any atom is 0.231 e. The standard InChI is InChI=1S/C16H26N4O2S/c1-10-5-6-17-8-12(10)19-13(21)7-11-9-23-15(18-11)20-14(22)16(2,3)4/h9-10,12,17H,5-8H2,1-4H3,(H,19,21)(H,18,20,22). The maximum atomic E-state index is 12.2. The molecule has 1 aliphatic heterocycles. The lowest BCUT2D eigenvalue weighted by molar-refractivity contribution is -0.123. The van der Waals surface area contributed by atoms with Gasteiger partial charge in [0.1, 0.15) is 0 Å². The summed E-state index contributed by atoms with van der Waals surface area (Å²) in [5, 5.41) is 11.5. The Kier molecular flexibility index (Phi) is 5.75. The van der Waals surface area contributed by atoms with E-state index in [0.717, 1.165) is 19.5 Å². The second-order valence-corrected chi connectivity index (χ2v) is 8.03. The number of anilines is 1. The number of nitrogens with one attached hydrogen (secondary N) is 3. The zero-order valence-corrected chi connectivity index (χ0v) is 15.0. The van der Waals surface area contributed by atoms with Crippen molar-refractivity contribution < 1.29 is 9.59 Å². The molecule has 7 heteroatoms. The highest BCUT2D eigenvalue weighted by molar-refractivity contribution is 7.13. The van der Waals surface area contributed by atoms with Crippen molar-refractivity contribution in [1.29, 1.82) is 0 Å². The third kappa shape index (κ3) is 5.28. The summed E-state index contributed by atoms with van der Waals surface area (Å²) in [6.07, 6.45) is 1.32. The van der Waals surface area contributed by atoms with Crippen LogP contribution in [0.4, 0.5) is 5.13 Å². The second-order valence-electron chi connectivity index (χ2n) is 7.17. The van der Waals surface area contributed by atoms with Gasteiger partial charge in [0.25, 0.3) is 0 Å². The van der Waals surface area contributed by atoms with E-state index in [0.29, 0.717) is 16.7 Å². The Labute approximate surface area is 141 Å². The Morgan fingerprint density at radius 2 is 2.17 bits per heavy atom. The molecule has 2 rings (SSSR count).